The number of para-hydroxylation sites is 1. The molecule has 4 rings (SSSR count). The maximum atomic E-state index is 12.9. The van der Waals surface area contributed by atoms with E-state index < -0.39 is 15.3 Å². The first-order chi connectivity index (χ1) is 16.3. The standard InChI is InChI=1S/C24H26N4O4S2/c1-3-14-28-23(30)20-8-4-5-9-21(20)26-24(28)33-17(2)22(29)25-18-10-12-19(13-11-18)34(31,32)27-15-6-7-16-27/h3-5,8-13,17H,1,6-7,14-16H2,2H3,(H,25,29). The summed E-state index contributed by atoms with van der Waals surface area (Å²) in [6.45, 7) is 6.80. The minimum atomic E-state index is -3.51. The Labute approximate surface area is 202 Å². The number of allylic oxidation sites excluding steroid dienone is 1. The molecular formula is C24H26N4O4S2. The van der Waals surface area contributed by atoms with E-state index in [0.29, 0.717) is 34.8 Å². The Kier molecular flexibility index (Phi) is 7.20. The Hall–Kier alpha value is -2.95. The predicted octanol–water partition coefficient (Wildman–Crippen LogP) is 3.49. The lowest BCUT2D eigenvalue weighted by atomic mass is 10.2. The van der Waals surface area contributed by atoms with Crippen LogP contribution < -0.4 is 10.9 Å². The van der Waals surface area contributed by atoms with Crippen LogP contribution >= 0.6 is 11.8 Å². The SMILES string of the molecule is C=CCn1c(SC(C)C(=O)Nc2ccc(S(=O)(=O)N3CCCC3)cc2)nc2ccccc2c1=O. The number of amides is 1. The molecule has 1 saturated heterocycles. The summed E-state index contributed by atoms with van der Waals surface area (Å²) in [7, 11) is -3.51. The van der Waals surface area contributed by atoms with E-state index in [1.807, 2.05) is 6.07 Å². The first kappa shape index (κ1) is 24.2. The topological polar surface area (TPSA) is 101 Å². The average molecular weight is 499 g/mol. The van der Waals surface area contributed by atoms with Crippen LogP contribution in [-0.4, -0.2) is 46.5 Å². The minimum Gasteiger partial charge on any atom is -0.325 e. The highest BCUT2D eigenvalue weighted by Crippen LogP contribution is 2.25. The number of sulfonamides is 1. The molecule has 0 spiro atoms. The molecule has 1 N–H and O–H groups in total. The number of aromatic nitrogens is 2. The minimum absolute atomic E-state index is 0.185. The fourth-order valence-corrected chi connectivity index (χ4v) is 6.21. The van der Waals surface area contributed by atoms with Crippen molar-refractivity contribution in [2.24, 2.45) is 0 Å². The number of nitrogens with one attached hydrogen (secondary N) is 1. The summed E-state index contributed by atoms with van der Waals surface area (Å²) in [6, 6.07) is 13.3. The van der Waals surface area contributed by atoms with E-state index in [-0.39, 0.29) is 22.9 Å². The lowest BCUT2D eigenvalue weighted by Crippen LogP contribution is -2.28. The van der Waals surface area contributed by atoms with Gasteiger partial charge in [0.1, 0.15) is 0 Å². The van der Waals surface area contributed by atoms with Crippen molar-refractivity contribution < 1.29 is 13.2 Å². The molecule has 8 nitrogen and oxygen atoms in total. The molecule has 178 valence electrons. The van der Waals surface area contributed by atoms with Crippen LogP contribution in [-0.2, 0) is 21.4 Å². The molecule has 1 fully saturated rings. The van der Waals surface area contributed by atoms with E-state index in [1.54, 1.807) is 43.3 Å². The van der Waals surface area contributed by atoms with Gasteiger partial charge in [-0.15, -0.1) is 6.58 Å². The van der Waals surface area contributed by atoms with Gasteiger partial charge in [0.05, 0.1) is 21.0 Å². The molecule has 0 bridgehead atoms. The fourth-order valence-electron chi connectivity index (χ4n) is 3.77. The monoisotopic (exact) mass is 498 g/mol. The molecule has 34 heavy (non-hydrogen) atoms. The van der Waals surface area contributed by atoms with Gasteiger partial charge < -0.3 is 5.32 Å². The molecule has 1 amide bonds. The molecule has 1 atom stereocenters. The Bertz CT molecular complexity index is 1380. The third-order valence-corrected chi connectivity index (χ3v) is 8.62. The van der Waals surface area contributed by atoms with E-state index >= 15 is 0 Å². The van der Waals surface area contributed by atoms with E-state index in [4.69, 9.17) is 0 Å². The summed E-state index contributed by atoms with van der Waals surface area (Å²) in [5.41, 5.74) is 0.876. The van der Waals surface area contributed by atoms with Crippen molar-refractivity contribution in [3.05, 3.63) is 71.5 Å². The van der Waals surface area contributed by atoms with Crippen molar-refractivity contribution in [2.45, 2.75) is 41.6 Å². The molecule has 2 aromatic carbocycles. The molecule has 0 aliphatic carbocycles. The maximum absolute atomic E-state index is 12.9. The highest BCUT2D eigenvalue weighted by Gasteiger charge is 2.27. The second-order valence-corrected chi connectivity index (χ2v) is 11.2. The number of carbonyl (C=O) groups excluding carboxylic acids is 1. The summed E-state index contributed by atoms with van der Waals surface area (Å²) < 4.78 is 28.3. The van der Waals surface area contributed by atoms with Crippen LogP contribution in [0.4, 0.5) is 5.69 Å². The van der Waals surface area contributed by atoms with Gasteiger partial charge in [-0.25, -0.2) is 13.4 Å². The van der Waals surface area contributed by atoms with Gasteiger partial charge in [0, 0.05) is 25.3 Å². The number of fused-ring (bicyclic) bond motifs is 1. The van der Waals surface area contributed by atoms with Crippen LogP contribution in [0.25, 0.3) is 10.9 Å². The number of anilines is 1. The number of carbonyl (C=O) groups is 1. The third kappa shape index (κ3) is 4.94. The summed E-state index contributed by atoms with van der Waals surface area (Å²) >= 11 is 1.18. The van der Waals surface area contributed by atoms with Gasteiger partial charge in [0.25, 0.3) is 5.56 Å². The zero-order chi connectivity index (χ0) is 24.3. The maximum Gasteiger partial charge on any atom is 0.262 e. The molecule has 0 saturated carbocycles. The van der Waals surface area contributed by atoms with Crippen LogP contribution in [0.5, 0.6) is 0 Å². The largest absolute Gasteiger partial charge is 0.325 e. The first-order valence-electron chi connectivity index (χ1n) is 11.0. The molecule has 3 aromatic rings. The highest BCUT2D eigenvalue weighted by molar-refractivity contribution is 8.00. The molecule has 0 radical (unpaired) electrons. The molecule has 1 aliphatic heterocycles. The van der Waals surface area contributed by atoms with E-state index in [9.17, 15) is 18.0 Å². The number of hydrogen-bond acceptors (Lipinski definition) is 6. The lowest BCUT2D eigenvalue weighted by Gasteiger charge is -2.17. The van der Waals surface area contributed by atoms with Gasteiger partial charge in [0.2, 0.25) is 15.9 Å². The second-order valence-electron chi connectivity index (χ2n) is 8.00. The Morgan fingerprint density at radius 2 is 1.85 bits per heavy atom. The summed E-state index contributed by atoms with van der Waals surface area (Å²) in [5, 5.41) is 3.19. The van der Waals surface area contributed by atoms with Crippen LogP contribution in [0.15, 0.2) is 76.0 Å². The summed E-state index contributed by atoms with van der Waals surface area (Å²) in [5.74, 6) is -0.285. The quantitative estimate of drug-likeness (QED) is 0.290. The van der Waals surface area contributed by atoms with Crippen molar-refractivity contribution in [1.82, 2.24) is 13.9 Å². The highest BCUT2D eigenvalue weighted by atomic mass is 32.2. The van der Waals surface area contributed by atoms with Gasteiger partial charge in [-0.1, -0.05) is 30.0 Å². The lowest BCUT2D eigenvalue weighted by molar-refractivity contribution is -0.115. The molecule has 10 heteroatoms. The summed E-state index contributed by atoms with van der Waals surface area (Å²) in [4.78, 5) is 30.5. The van der Waals surface area contributed by atoms with E-state index in [1.165, 1.54) is 32.8 Å². The van der Waals surface area contributed by atoms with Crippen LogP contribution in [0.2, 0.25) is 0 Å². The Balaban J connectivity index is 1.49. The fraction of sp³-hybridized carbons (Fsp3) is 0.292. The average Bonchev–Trinajstić information content (AvgIpc) is 3.38. The number of benzene rings is 2. The smallest absolute Gasteiger partial charge is 0.262 e. The van der Waals surface area contributed by atoms with Crippen molar-refractivity contribution in [3.63, 3.8) is 0 Å². The van der Waals surface area contributed by atoms with Crippen molar-refractivity contribution in [2.75, 3.05) is 18.4 Å². The molecule has 1 unspecified atom stereocenters. The number of hydrogen-bond donors (Lipinski definition) is 1. The van der Waals surface area contributed by atoms with Gasteiger partial charge in [-0.3, -0.25) is 14.2 Å². The van der Waals surface area contributed by atoms with Gasteiger partial charge in [-0.2, -0.15) is 4.31 Å². The molecular weight excluding hydrogens is 472 g/mol. The van der Waals surface area contributed by atoms with E-state index in [0.717, 1.165) is 12.8 Å². The predicted molar refractivity (Wildman–Crippen MR) is 135 cm³/mol. The van der Waals surface area contributed by atoms with Crippen LogP contribution in [0.3, 0.4) is 0 Å². The molecule has 1 aliphatic rings. The van der Waals surface area contributed by atoms with Crippen LogP contribution in [0.1, 0.15) is 19.8 Å². The van der Waals surface area contributed by atoms with Crippen molar-refractivity contribution in [1.29, 1.82) is 0 Å². The number of thioether (sulfide) groups is 1. The third-order valence-electron chi connectivity index (χ3n) is 5.61. The van der Waals surface area contributed by atoms with Crippen molar-refractivity contribution >= 4 is 44.3 Å². The van der Waals surface area contributed by atoms with Crippen molar-refractivity contribution in [3.8, 4) is 0 Å². The number of nitrogens with zero attached hydrogens (tertiary/aromatic N) is 3. The Morgan fingerprint density at radius 1 is 1.18 bits per heavy atom. The first-order valence-corrected chi connectivity index (χ1v) is 13.3. The van der Waals surface area contributed by atoms with Gasteiger partial charge >= 0.3 is 0 Å². The summed E-state index contributed by atoms with van der Waals surface area (Å²) in [6.07, 6.45) is 3.36. The number of rotatable bonds is 8. The Morgan fingerprint density at radius 3 is 2.53 bits per heavy atom. The second kappa shape index (κ2) is 10.1. The molecule has 2 heterocycles. The molecule has 1 aromatic heterocycles. The normalized spacial score (nSPS) is 15.3. The zero-order valence-corrected chi connectivity index (χ0v) is 20.4. The zero-order valence-electron chi connectivity index (χ0n) is 18.8. The van der Waals surface area contributed by atoms with Gasteiger partial charge in [0.15, 0.2) is 5.16 Å². The van der Waals surface area contributed by atoms with Gasteiger partial charge in [-0.05, 0) is 56.2 Å². The van der Waals surface area contributed by atoms with Crippen LogP contribution in [0, 0.1) is 0 Å². The van der Waals surface area contributed by atoms with E-state index in [2.05, 4.69) is 16.9 Å².